The van der Waals surface area contributed by atoms with Gasteiger partial charge < -0.3 is 41.5 Å². The quantitative estimate of drug-likeness (QED) is 0.265. The smallest absolute Gasteiger partial charge is 0.255 e. The molecule has 1 saturated carbocycles. The maximum Gasteiger partial charge on any atom is 0.255 e. The van der Waals surface area contributed by atoms with Crippen molar-refractivity contribution in [3.63, 3.8) is 0 Å². The fourth-order valence-electron chi connectivity index (χ4n) is 6.65. The zero-order valence-electron chi connectivity index (χ0n) is 21.3. The van der Waals surface area contributed by atoms with Crippen LogP contribution in [0.1, 0.15) is 48.8 Å². The van der Waals surface area contributed by atoms with E-state index in [0.717, 1.165) is 25.9 Å². The summed E-state index contributed by atoms with van der Waals surface area (Å²) < 4.78 is 0. The molecule has 3 aliphatic carbocycles. The predicted octanol–water partition coefficient (Wildman–Crippen LogP) is 0.140. The third-order valence-corrected chi connectivity index (χ3v) is 8.88. The molecule has 5 atom stereocenters. The minimum absolute atomic E-state index is 0.0134. The highest BCUT2D eigenvalue weighted by molar-refractivity contribution is 6.23. The van der Waals surface area contributed by atoms with E-state index in [0.29, 0.717) is 17.7 Å². The number of phenols is 1. The van der Waals surface area contributed by atoms with Gasteiger partial charge in [-0.25, -0.2) is 0 Å². The molecule has 38 heavy (non-hydrogen) atoms. The van der Waals surface area contributed by atoms with Crippen molar-refractivity contribution in [2.45, 2.75) is 56.4 Å². The first-order chi connectivity index (χ1) is 17.9. The number of nitrogens with two attached hydrogens (primary N) is 1. The van der Waals surface area contributed by atoms with Gasteiger partial charge in [-0.3, -0.25) is 14.4 Å². The number of amides is 1. The maximum atomic E-state index is 13.7. The largest absolute Gasteiger partial charge is 0.508 e. The summed E-state index contributed by atoms with van der Waals surface area (Å²) in [5.74, 6) is -8.52. The van der Waals surface area contributed by atoms with Gasteiger partial charge in [0.1, 0.15) is 22.8 Å². The van der Waals surface area contributed by atoms with Crippen molar-refractivity contribution in [1.82, 2.24) is 10.2 Å². The molecule has 2 fully saturated rings. The molecule has 11 heteroatoms. The number of carbonyl (C=O) groups is 3. The number of benzene rings is 1. The minimum atomic E-state index is -2.84. The minimum Gasteiger partial charge on any atom is -0.508 e. The van der Waals surface area contributed by atoms with Crippen LogP contribution in [0.2, 0.25) is 0 Å². The molecule has 1 aromatic rings. The van der Waals surface area contributed by atoms with Gasteiger partial charge in [-0.2, -0.15) is 0 Å². The molecule has 1 saturated heterocycles. The Morgan fingerprint density at radius 1 is 1.18 bits per heavy atom. The van der Waals surface area contributed by atoms with Crippen LogP contribution in [0, 0.1) is 11.8 Å². The second-order valence-electron chi connectivity index (χ2n) is 11.0. The van der Waals surface area contributed by atoms with E-state index in [1.54, 1.807) is 19.1 Å². The highest BCUT2D eigenvalue weighted by atomic mass is 16.4. The lowest BCUT2D eigenvalue weighted by Gasteiger charge is -2.50. The summed E-state index contributed by atoms with van der Waals surface area (Å²) in [6, 6.07) is 3.72. The van der Waals surface area contributed by atoms with Crippen LogP contribution < -0.4 is 11.1 Å². The van der Waals surface area contributed by atoms with Crippen molar-refractivity contribution in [2.75, 3.05) is 20.1 Å². The van der Waals surface area contributed by atoms with Gasteiger partial charge in [0.25, 0.3) is 5.91 Å². The Labute approximate surface area is 219 Å². The number of primary amides is 1. The van der Waals surface area contributed by atoms with Crippen LogP contribution in [-0.2, 0) is 20.9 Å². The van der Waals surface area contributed by atoms with E-state index in [1.807, 2.05) is 0 Å². The van der Waals surface area contributed by atoms with Crippen molar-refractivity contribution < 1.29 is 39.9 Å². The molecular weight excluding hydrogens is 494 g/mol. The molecule has 1 amide bonds. The van der Waals surface area contributed by atoms with E-state index in [4.69, 9.17) is 5.73 Å². The number of aliphatic hydroxyl groups is 4. The summed E-state index contributed by atoms with van der Waals surface area (Å²) in [4.78, 5) is 40.3. The Morgan fingerprint density at radius 3 is 2.47 bits per heavy atom. The second-order valence-corrected chi connectivity index (χ2v) is 11.0. The fraction of sp³-hybridized carbons (Fsp3) is 0.519. The van der Waals surface area contributed by atoms with E-state index >= 15 is 0 Å². The number of piperidine rings is 1. The lowest BCUT2D eigenvalue weighted by atomic mass is 9.55. The van der Waals surface area contributed by atoms with Gasteiger partial charge in [0.15, 0.2) is 11.4 Å². The number of carbonyl (C=O) groups excluding carboxylic acids is 3. The van der Waals surface area contributed by atoms with Crippen molar-refractivity contribution in [3.8, 4) is 5.75 Å². The number of hydrogen-bond donors (Lipinski definition) is 7. The van der Waals surface area contributed by atoms with Gasteiger partial charge in [0.2, 0.25) is 5.78 Å². The molecule has 1 aromatic carbocycles. The van der Waals surface area contributed by atoms with Gasteiger partial charge in [-0.1, -0.05) is 19.1 Å². The molecule has 204 valence electrons. The topological polar surface area (TPSA) is 194 Å². The monoisotopic (exact) mass is 527 g/mol. The van der Waals surface area contributed by atoms with E-state index in [9.17, 15) is 39.9 Å². The highest BCUT2D eigenvalue weighted by Crippen LogP contribution is 2.55. The first-order valence-corrected chi connectivity index (χ1v) is 12.8. The number of Topliss-reactive ketones (excluding diaryl/α,β-unsaturated/α-hetero) is 2. The average Bonchev–Trinajstić information content (AvgIpc) is 2.86. The molecule has 5 unspecified atom stereocenters. The van der Waals surface area contributed by atoms with Crippen molar-refractivity contribution in [1.29, 1.82) is 0 Å². The van der Waals surface area contributed by atoms with E-state index in [2.05, 4.69) is 17.3 Å². The Kier molecular flexibility index (Phi) is 6.38. The molecular formula is C27H33N3O8. The molecule has 5 rings (SSSR count). The number of likely N-dealkylation sites (tertiary alicyclic amines) is 1. The number of phenolic OH excluding ortho intramolecular Hbond substituents is 1. The van der Waals surface area contributed by atoms with Gasteiger partial charge in [0.05, 0.1) is 11.7 Å². The van der Waals surface area contributed by atoms with Crippen molar-refractivity contribution in [3.05, 3.63) is 45.7 Å². The summed E-state index contributed by atoms with van der Waals surface area (Å²) in [6.07, 6.45) is -0.223. The average molecular weight is 528 g/mol. The van der Waals surface area contributed by atoms with Crippen LogP contribution in [0.25, 0.3) is 5.76 Å². The Balaban J connectivity index is 1.57. The van der Waals surface area contributed by atoms with Crippen LogP contribution in [-0.4, -0.2) is 85.8 Å². The Bertz CT molecular complexity index is 1300. The zero-order chi connectivity index (χ0) is 27.7. The van der Waals surface area contributed by atoms with Crippen LogP contribution in [0.3, 0.4) is 0 Å². The SMILES string of the molecule is CC1c2ccc(CNC3CCN(C)CC3)c(O)c2C(O)=C2C(=O)C3(O)C(O)=C(C(N)=O)C(=O)CC3C(O)C21. The lowest BCUT2D eigenvalue weighted by Crippen LogP contribution is -2.63. The van der Waals surface area contributed by atoms with E-state index in [1.165, 1.54) is 0 Å². The molecule has 11 nitrogen and oxygen atoms in total. The maximum absolute atomic E-state index is 13.7. The zero-order valence-corrected chi connectivity index (χ0v) is 21.3. The number of nitrogens with one attached hydrogen (secondary N) is 1. The number of rotatable bonds is 4. The third-order valence-electron chi connectivity index (χ3n) is 8.88. The number of ketones is 2. The molecule has 1 heterocycles. The molecule has 1 aliphatic heterocycles. The molecule has 0 radical (unpaired) electrons. The van der Waals surface area contributed by atoms with Crippen LogP contribution >= 0.6 is 0 Å². The summed E-state index contributed by atoms with van der Waals surface area (Å²) >= 11 is 0. The highest BCUT2D eigenvalue weighted by Gasteiger charge is 2.64. The van der Waals surface area contributed by atoms with Gasteiger partial charge >= 0.3 is 0 Å². The summed E-state index contributed by atoms with van der Waals surface area (Å²) in [7, 11) is 2.06. The predicted molar refractivity (Wildman–Crippen MR) is 135 cm³/mol. The van der Waals surface area contributed by atoms with E-state index in [-0.39, 0.29) is 22.9 Å². The normalized spacial score (nSPS) is 32.2. The summed E-state index contributed by atoms with van der Waals surface area (Å²) in [5.41, 5.74) is 2.10. The number of aliphatic hydroxyl groups excluding tert-OH is 3. The van der Waals surface area contributed by atoms with Crippen molar-refractivity contribution >= 4 is 23.2 Å². The Hall–Kier alpha value is -3.25. The molecule has 0 spiro atoms. The van der Waals surface area contributed by atoms with E-state index < -0.39 is 70.4 Å². The molecule has 0 aromatic heterocycles. The van der Waals surface area contributed by atoms with Gasteiger partial charge in [-0.15, -0.1) is 0 Å². The molecule has 0 bridgehead atoms. The fourth-order valence-corrected chi connectivity index (χ4v) is 6.65. The van der Waals surface area contributed by atoms with Crippen LogP contribution in [0.4, 0.5) is 0 Å². The summed E-state index contributed by atoms with van der Waals surface area (Å²) in [6.45, 7) is 3.95. The number of aromatic hydroxyl groups is 1. The van der Waals surface area contributed by atoms with Crippen LogP contribution in [0.15, 0.2) is 29.0 Å². The lowest BCUT2D eigenvalue weighted by molar-refractivity contribution is -0.160. The second kappa shape index (κ2) is 9.19. The first-order valence-electron chi connectivity index (χ1n) is 12.8. The Morgan fingerprint density at radius 2 is 1.84 bits per heavy atom. The number of hydrogen-bond acceptors (Lipinski definition) is 10. The number of fused-ring (bicyclic) bond motifs is 3. The molecule has 8 N–H and O–H groups in total. The number of nitrogens with zero attached hydrogens (tertiary/aromatic N) is 1. The standard InChI is InChI=1S/C27H33N3O8/c1-11-14-4-3-12(10-29-13-5-7-30(2)8-6-13)21(32)18(14)23(34)20-17(11)22(33)15-9-16(31)19(26(28)37)24(35)27(15,38)25(20)36/h3-4,11,13,15,17,22,29,32-35,38H,5-10H2,1-2H3,(H2,28,37). The molecule has 4 aliphatic rings. The third kappa shape index (κ3) is 3.68. The van der Waals surface area contributed by atoms with Crippen LogP contribution in [0.5, 0.6) is 5.75 Å². The first kappa shape index (κ1) is 26.4. The van der Waals surface area contributed by atoms with Gasteiger partial charge in [0, 0.05) is 42.0 Å². The summed E-state index contributed by atoms with van der Waals surface area (Å²) in [5, 5.41) is 59.3. The van der Waals surface area contributed by atoms with Gasteiger partial charge in [-0.05, 0) is 44.5 Å². The van der Waals surface area contributed by atoms with Crippen molar-refractivity contribution in [2.24, 2.45) is 17.6 Å².